The molecule has 0 fully saturated rings. The Hall–Kier alpha value is -12.7. The van der Waals surface area contributed by atoms with Crippen molar-refractivity contribution in [1.29, 1.82) is 0 Å². The molecule has 6 heterocycles. The number of anilines is 3. The van der Waals surface area contributed by atoms with Crippen LogP contribution in [0.3, 0.4) is 0 Å². The number of nitrogens with zero attached hydrogens (tertiary/aromatic N) is 4. The van der Waals surface area contributed by atoms with Gasteiger partial charge in [0.1, 0.15) is 0 Å². The van der Waals surface area contributed by atoms with Crippen LogP contribution in [-0.4, -0.2) is 13.2 Å². The van der Waals surface area contributed by atoms with Crippen molar-refractivity contribution in [2.24, 2.45) is 0 Å². The summed E-state index contributed by atoms with van der Waals surface area (Å²) in [6, 6.07) is 103. The molecule has 20 aromatic rings. The normalized spacial score (nSPS) is 13.1. The highest BCUT2D eigenvalue weighted by Gasteiger charge is 2.37. The number of aromatic nitrogens is 3. The van der Waals surface area contributed by atoms with E-state index in [1.165, 1.54) is 22.3 Å². The average molecular weight is 1240 g/mol. The zero-order valence-electron chi connectivity index (χ0n) is 52.7. The minimum Gasteiger partial charge on any atom is -0.310 e. The number of fused-ring (bicyclic) bond motifs is 18. The van der Waals surface area contributed by atoms with Gasteiger partial charge in [-0.2, -0.15) is 0 Å². The molecule has 7 nitrogen and oxygen atoms in total. The van der Waals surface area contributed by atoms with Crippen molar-refractivity contribution in [2.45, 2.75) is 19.3 Å². The Bertz CT molecular complexity index is 7010. The molecule has 0 spiro atoms. The van der Waals surface area contributed by atoms with Crippen LogP contribution >= 0.6 is 0 Å². The maximum absolute atomic E-state index is 15.5. The van der Waals surface area contributed by atoms with E-state index in [-0.39, 0.29) is 22.1 Å². The molecule has 0 unspecified atom stereocenters. The second kappa shape index (κ2) is 19.4. The monoisotopic (exact) mass is 1240 g/mol. The van der Waals surface area contributed by atoms with Crippen LogP contribution in [0.1, 0.15) is 25.0 Å². The fraction of sp³-hybridized carbons (Fsp3) is 0.0333. The summed E-state index contributed by atoms with van der Waals surface area (Å²) < 4.78 is 5.80. The summed E-state index contributed by atoms with van der Waals surface area (Å²) in [5.41, 5.74) is 21.6. The van der Waals surface area contributed by atoms with Gasteiger partial charge in [-0.25, -0.2) is 0 Å². The van der Waals surface area contributed by atoms with Crippen LogP contribution in [0.5, 0.6) is 0 Å². The van der Waals surface area contributed by atoms with Crippen molar-refractivity contribution in [3.05, 3.63) is 333 Å². The fourth-order valence-electron chi connectivity index (χ4n) is 17.1. The predicted molar refractivity (Wildman–Crippen MR) is 403 cm³/mol. The van der Waals surface area contributed by atoms with E-state index >= 15 is 4.79 Å². The molecule has 0 bridgehead atoms. The van der Waals surface area contributed by atoms with E-state index in [1.54, 1.807) is 0 Å². The smallest absolute Gasteiger partial charge is 0.263 e. The molecule has 6 aromatic heterocycles. The third kappa shape index (κ3) is 7.37. The Morgan fingerprint density at radius 3 is 1.28 bits per heavy atom. The quantitative estimate of drug-likeness (QED) is 0.149. The molecule has 0 N–H and O–H groups in total. The number of hydrogen-bond acceptors (Lipinski definition) is 4. The van der Waals surface area contributed by atoms with Gasteiger partial charge >= 0.3 is 0 Å². The van der Waals surface area contributed by atoms with E-state index in [1.807, 2.05) is 67.8 Å². The van der Waals surface area contributed by atoms with E-state index in [0.29, 0.717) is 16.2 Å². The topological polar surface area (TPSA) is 67.7 Å². The molecule has 0 radical (unpaired) electrons. The number of hydrogen-bond donors (Lipinski definition) is 0. The number of benzene rings is 14. The first kappa shape index (κ1) is 53.8. The standard InChI is InChI=1S/C90H54N4O3/c1-90(2)79-25-12-10-19-64(79)72-49-74-78-47-58(57-44-75-63-18-7-9-22-69(63)88(96)92-81-26-13-11-20-65(81)76(45-57)85(75)92)46-77-71-43-56(35-41-70(71)89(97)94(86(77)78)83(74)50-80(72)90)55-29-27-52(28-30-55)54-33-38-60(39-34-54)91(59-36-31-53(32-37-59)51-15-4-3-5-16-51)61-40-42-82-73(48-61)67-24-14-23-66-62-17-6-8-21-68(62)87(95)93(82)84(66)67/h3-50H,1-2H3. The van der Waals surface area contributed by atoms with Crippen molar-refractivity contribution in [3.63, 3.8) is 0 Å². The van der Waals surface area contributed by atoms with Gasteiger partial charge in [0.25, 0.3) is 16.7 Å². The Kier molecular flexibility index (Phi) is 10.8. The van der Waals surface area contributed by atoms with Gasteiger partial charge in [-0.1, -0.05) is 196 Å². The van der Waals surface area contributed by atoms with E-state index in [2.05, 4.69) is 255 Å². The molecule has 452 valence electrons. The lowest BCUT2D eigenvalue weighted by molar-refractivity contribution is 0.661. The maximum atomic E-state index is 15.5. The van der Waals surface area contributed by atoms with Crippen LogP contribution < -0.4 is 21.6 Å². The van der Waals surface area contributed by atoms with Gasteiger partial charge in [0.15, 0.2) is 0 Å². The van der Waals surface area contributed by atoms with Gasteiger partial charge in [-0.3, -0.25) is 27.6 Å². The molecule has 1 aliphatic rings. The largest absolute Gasteiger partial charge is 0.310 e. The summed E-state index contributed by atoms with van der Waals surface area (Å²) in [6.07, 6.45) is 0. The van der Waals surface area contributed by atoms with Gasteiger partial charge in [0.05, 0.1) is 33.1 Å². The summed E-state index contributed by atoms with van der Waals surface area (Å²) in [6.45, 7) is 4.59. The van der Waals surface area contributed by atoms with E-state index in [9.17, 15) is 9.59 Å². The van der Waals surface area contributed by atoms with Crippen LogP contribution in [0.2, 0.25) is 0 Å². The Morgan fingerprint density at radius 2 is 0.639 bits per heavy atom. The molecule has 0 aliphatic heterocycles. The highest BCUT2D eigenvalue weighted by molar-refractivity contribution is 6.26. The van der Waals surface area contributed by atoms with Crippen molar-refractivity contribution in [3.8, 4) is 55.6 Å². The lowest BCUT2D eigenvalue weighted by Crippen LogP contribution is -2.16. The first-order chi connectivity index (χ1) is 47.6. The van der Waals surface area contributed by atoms with Crippen molar-refractivity contribution < 1.29 is 0 Å². The lowest BCUT2D eigenvalue weighted by Gasteiger charge is -2.26. The van der Waals surface area contributed by atoms with E-state index in [0.717, 1.165) is 159 Å². The van der Waals surface area contributed by atoms with Crippen LogP contribution in [0.25, 0.3) is 170 Å². The number of para-hydroxylation sites is 2. The summed E-state index contributed by atoms with van der Waals surface area (Å²) in [5, 5.41) is 14.1. The zero-order chi connectivity index (χ0) is 64.3. The van der Waals surface area contributed by atoms with Crippen LogP contribution in [0.15, 0.2) is 306 Å². The van der Waals surface area contributed by atoms with Gasteiger partial charge in [0.2, 0.25) is 0 Å². The molecule has 14 aromatic carbocycles. The minimum atomic E-state index is -0.268. The fourth-order valence-corrected chi connectivity index (χ4v) is 17.1. The first-order valence-electron chi connectivity index (χ1n) is 33.2. The Balaban J connectivity index is 0.700. The van der Waals surface area contributed by atoms with Gasteiger partial charge in [-0.05, 0) is 192 Å². The van der Waals surface area contributed by atoms with E-state index < -0.39 is 0 Å². The van der Waals surface area contributed by atoms with Crippen molar-refractivity contribution in [2.75, 3.05) is 4.90 Å². The third-order valence-corrected chi connectivity index (χ3v) is 21.6. The summed E-state index contributed by atoms with van der Waals surface area (Å²) in [4.78, 5) is 46.6. The first-order valence-corrected chi connectivity index (χ1v) is 33.2. The molecule has 0 saturated heterocycles. The van der Waals surface area contributed by atoms with Crippen LogP contribution in [0, 0.1) is 0 Å². The van der Waals surface area contributed by atoms with Gasteiger partial charge < -0.3 is 4.90 Å². The van der Waals surface area contributed by atoms with E-state index in [4.69, 9.17) is 0 Å². The van der Waals surface area contributed by atoms with Crippen molar-refractivity contribution >= 4 is 131 Å². The van der Waals surface area contributed by atoms with Gasteiger partial charge in [-0.15, -0.1) is 0 Å². The third-order valence-electron chi connectivity index (χ3n) is 21.6. The summed E-state index contributed by atoms with van der Waals surface area (Å²) >= 11 is 0. The molecule has 1 aliphatic carbocycles. The molecule has 0 saturated carbocycles. The molecule has 0 amide bonds. The minimum absolute atomic E-state index is 0.0116. The summed E-state index contributed by atoms with van der Waals surface area (Å²) in [5.74, 6) is 0. The molecule has 7 heteroatoms. The highest BCUT2D eigenvalue weighted by Crippen LogP contribution is 2.52. The number of pyridine rings is 3. The molecule has 0 atom stereocenters. The molecule has 97 heavy (non-hydrogen) atoms. The number of rotatable bonds is 7. The predicted octanol–water partition coefficient (Wildman–Crippen LogP) is 21.7. The lowest BCUT2D eigenvalue weighted by atomic mass is 9.82. The Morgan fingerprint density at radius 1 is 0.237 bits per heavy atom. The average Bonchev–Trinajstić information content (AvgIpc) is 1.53. The zero-order valence-corrected chi connectivity index (χ0v) is 52.7. The molecular weight excluding hydrogens is 1190 g/mol. The second-order valence-electron chi connectivity index (χ2n) is 27.0. The molecular formula is C90H54N4O3. The highest BCUT2D eigenvalue weighted by atomic mass is 16.1. The summed E-state index contributed by atoms with van der Waals surface area (Å²) in [7, 11) is 0. The SMILES string of the molecule is CC1(C)c2ccccc2-c2cc3c4cc(-c5cc6c7ccccc7c(=O)n7c8ccccc8c(c5)c67)cc5c6cc(-c7ccc(-c8ccc(N(c9ccc(-c%10ccccc%10)cc9)c9ccc%10c(c9)c9cccc%11c%12ccccc%12c(=O)n%10c%119)cc8)cc7)ccc6c(=O)n(c3cc21)c54. The van der Waals surface area contributed by atoms with Crippen LogP contribution in [0.4, 0.5) is 17.1 Å². The Labute approximate surface area is 554 Å². The second-order valence-corrected chi connectivity index (χ2v) is 27.0. The van der Waals surface area contributed by atoms with Crippen LogP contribution in [-0.2, 0) is 5.41 Å². The molecule has 21 rings (SSSR count). The van der Waals surface area contributed by atoms with Gasteiger partial charge in [0, 0.05) is 87.1 Å². The van der Waals surface area contributed by atoms with Crippen molar-refractivity contribution in [1.82, 2.24) is 13.2 Å². The maximum Gasteiger partial charge on any atom is 0.263 e.